The molecule has 0 aliphatic heterocycles. The smallest absolute Gasteiger partial charge is 0.222 e. The van der Waals surface area contributed by atoms with Crippen molar-refractivity contribution in [3.63, 3.8) is 0 Å². The molecule has 1 rings (SSSR count). The molecule has 0 radical (unpaired) electrons. The van der Waals surface area contributed by atoms with Gasteiger partial charge in [0.25, 0.3) is 0 Å². The zero-order valence-corrected chi connectivity index (χ0v) is 15.1. The van der Waals surface area contributed by atoms with E-state index in [1.807, 2.05) is 39.2 Å². The lowest BCUT2D eigenvalue weighted by Crippen LogP contribution is -2.20. The Labute approximate surface area is 140 Å². The number of carbonyl (C=O) groups excluding carboxylic acids is 1. The van der Waals surface area contributed by atoms with Gasteiger partial charge in [-0.25, -0.2) is 0 Å². The average molecular weight is 321 g/mol. The molecule has 0 aliphatic rings. The molecule has 0 heterocycles. The molecule has 0 atom stereocenters. The Morgan fingerprint density at radius 3 is 2.30 bits per heavy atom. The average Bonchev–Trinajstić information content (AvgIpc) is 2.53. The van der Waals surface area contributed by atoms with Crippen LogP contribution in [0.1, 0.15) is 50.5 Å². The first-order chi connectivity index (χ1) is 11.0. The maximum atomic E-state index is 11.4. The van der Waals surface area contributed by atoms with Crippen molar-refractivity contribution in [1.82, 2.24) is 4.90 Å². The van der Waals surface area contributed by atoms with Crippen molar-refractivity contribution < 1.29 is 14.3 Å². The number of hydrogen-bond donors (Lipinski definition) is 0. The Kier molecular flexibility index (Phi) is 9.18. The molecule has 0 aromatic heterocycles. The Balaban J connectivity index is 2.06. The molecular weight excluding hydrogens is 290 g/mol. The Bertz CT molecular complexity index is 472. The normalized spacial score (nSPS) is 10.4. The van der Waals surface area contributed by atoms with E-state index in [9.17, 15) is 4.79 Å². The lowest BCUT2D eigenvalue weighted by Gasteiger charge is -2.11. The fourth-order valence-corrected chi connectivity index (χ4v) is 2.39. The van der Waals surface area contributed by atoms with Gasteiger partial charge in [0.2, 0.25) is 5.91 Å². The summed E-state index contributed by atoms with van der Waals surface area (Å²) in [7, 11) is 5.29. The Morgan fingerprint density at radius 1 is 1.00 bits per heavy atom. The number of carbonyl (C=O) groups is 1. The van der Waals surface area contributed by atoms with Crippen LogP contribution in [0.15, 0.2) is 18.2 Å². The highest BCUT2D eigenvalue weighted by Crippen LogP contribution is 2.27. The fourth-order valence-electron chi connectivity index (χ4n) is 2.39. The van der Waals surface area contributed by atoms with Crippen LogP contribution in [0.5, 0.6) is 11.5 Å². The minimum Gasteiger partial charge on any atom is -0.493 e. The SMILES string of the molecule is COc1ccc(C)cc1OCCCCCCCCC(=O)N(C)C. The van der Waals surface area contributed by atoms with Crippen LogP contribution < -0.4 is 9.47 Å². The lowest BCUT2D eigenvalue weighted by atomic mass is 10.1. The highest BCUT2D eigenvalue weighted by Gasteiger charge is 2.04. The molecule has 4 nitrogen and oxygen atoms in total. The molecule has 0 fully saturated rings. The van der Waals surface area contributed by atoms with Crippen molar-refractivity contribution >= 4 is 5.91 Å². The maximum absolute atomic E-state index is 11.4. The van der Waals surface area contributed by atoms with E-state index in [4.69, 9.17) is 9.47 Å². The van der Waals surface area contributed by atoms with Crippen LogP contribution in [0.2, 0.25) is 0 Å². The molecule has 0 spiro atoms. The third-order valence-corrected chi connectivity index (χ3v) is 3.86. The molecule has 1 amide bonds. The number of methoxy groups -OCH3 is 1. The molecular formula is C19H31NO3. The van der Waals surface area contributed by atoms with E-state index >= 15 is 0 Å². The predicted octanol–water partition coefficient (Wildman–Crippen LogP) is 4.20. The monoisotopic (exact) mass is 321 g/mol. The van der Waals surface area contributed by atoms with Crippen LogP contribution in [0.3, 0.4) is 0 Å². The van der Waals surface area contributed by atoms with E-state index in [-0.39, 0.29) is 5.91 Å². The van der Waals surface area contributed by atoms with E-state index in [0.29, 0.717) is 6.42 Å². The summed E-state index contributed by atoms with van der Waals surface area (Å²) in [5, 5.41) is 0. The molecule has 0 bridgehead atoms. The van der Waals surface area contributed by atoms with Gasteiger partial charge in [-0.3, -0.25) is 4.79 Å². The van der Waals surface area contributed by atoms with Gasteiger partial charge in [-0.1, -0.05) is 31.7 Å². The maximum Gasteiger partial charge on any atom is 0.222 e. The number of rotatable bonds is 11. The zero-order valence-electron chi connectivity index (χ0n) is 15.1. The van der Waals surface area contributed by atoms with Crippen LogP contribution in [0.25, 0.3) is 0 Å². The number of aryl methyl sites for hydroxylation is 1. The summed E-state index contributed by atoms with van der Waals surface area (Å²) in [4.78, 5) is 13.1. The second kappa shape index (κ2) is 10.9. The van der Waals surface area contributed by atoms with E-state index in [1.54, 1.807) is 12.0 Å². The van der Waals surface area contributed by atoms with Gasteiger partial charge in [-0.05, 0) is 37.5 Å². The Hall–Kier alpha value is -1.71. The van der Waals surface area contributed by atoms with Crippen molar-refractivity contribution in [2.24, 2.45) is 0 Å². The van der Waals surface area contributed by atoms with Gasteiger partial charge < -0.3 is 14.4 Å². The summed E-state index contributed by atoms with van der Waals surface area (Å²) in [5.41, 5.74) is 1.17. The van der Waals surface area contributed by atoms with Crippen molar-refractivity contribution in [3.8, 4) is 11.5 Å². The number of ether oxygens (including phenoxy) is 2. The molecule has 23 heavy (non-hydrogen) atoms. The minimum atomic E-state index is 0.227. The van der Waals surface area contributed by atoms with Crippen LogP contribution >= 0.6 is 0 Å². The first-order valence-electron chi connectivity index (χ1n) is 8.52. The predicted molar refractivity (Wildman–Crippen MR) is 94.2 cm³/mol. The van der Waals surface area contributed by atoms with Crippen molar-refractivity contribution in [2.45, 2.75) is 51.9 Å². The first kappa shape index (κ1) is 19.3. The number of benzene rings is 1. The van der Waals surface area contributed by atoms with Gasteiger partial charge in [0.15, 0.2) is 11.5 Å². The van der Waals surface area contributed by atoms with Crippen molar-refractivity contribution in [2.75, 3.05) is 27.8 Å². The lowest BCUT2D eigenvalue weighted by molar-refractivity contribution is -0.128. The molecule has 0 N–H and O–H groups in total. The number of nitrogens with zero attached hydrogens (tertiary/aromatic N) is 1. The summed E-state index contributed by atoms with van der Waals surface area (Å²) in [5.74, 6) is 1.85. The van der Waals surface area contributed by atoms with Crippen LogP contribution in [0, 0.1) is 6.92 Å². The van der Waals surface area contributed by atoms with Gasteiger partial charge in [0, 0.05) is 20.5 Å². The summed E-state index contributed by atoms with van der Waals surface area (Å²) >= 11 is 0. The van der Waals surface area contributed by atoms with Gasteiger partial charge in [0.05, 0.1) is 13.7 Å². The van der Waals surface area contributed by atoms with E-state index in [0.717, 1.165) is 43.8 Å². The summed E-state index contributed by atoms with van der Waals surface area (Å²) in [6, 6.07) is 5.98. The topological polar surface area (TPSA) is 38.8 Å². The Morgan fingerprint density at radius 2 is 1.65 bits per heavy atom. The summed E-state index contributed by atoms with van der Waals surface area (Å²) in [6.45, 7) is 2.77. The van der Waals surface area contributed by atoms with E-state index in [2.05, 4.69) is 0 Å². The van der Waals surface area contributed by atoms with Gasteiger partial charge in [-0.15, -0.1) is 0 Å². The van der Waals surface area contributed by atoms with Crippen LogP contribution in [0.4, 0.5) is 0 Å². The van der Waals surface area contributed by atoms with E-state index in [1.165, 1.54) is 18.4 Å². The molecule has 1 aromatic carbocycles. The fraction of sp³-hybridized carbons (Fsp3) is 0.632. The highest BCUT2D eigenvalue weighted by molar-refractivity contribution is 5.75. The van der Waals surface area contributed by atoms with Gasteiger partial charge in [0.1, 0.15) is 0 Å². The van der Waals surface area contributed by atoms with E-state index < -0.39 is 0 Å². The zero-order chi connectivity index (χ0) is 17.1. The second-order valence-corrected chi connectivity index (χ2v) is 6.16. The molecule has 0 saturated carbocycles. The molecule has 0 saturated heterocycles. The third-order valence-electron chi connectivity index (χ3n) is 3.86. The first-order valence-corrected chi connectivity index (χ1v) is 8.52. The molecule has 130 valence electrons. The number of unbranched alkanes of at least 4 members (excludes halogenated alkanes) is 5. The molecule has 1 aromatic rings. The minimum absolute atomic E-state index is 0.227. The number of hydrogen-bond acceptors (Lipinski definition) is 3. The van der Waals surface area contributed by atoms with Crippen molar-refractivity contribution in [1.29, 1.82) is 0 Å². The van der Waals surface area contributed by atoms with Gasteiger partial charge in [-0.2, -0.15) is 0 Å². The standard InChI is InChI=1S/C19H31NO3/c1-16-12-13-17(22-4)18(15-16)23-14-10-8-6-5-7-9-11-19(21)20(2)3/h12-13,15H,5-11,14H2,1-4H3. The highest BCUT2D eigenvalue weighted by atomic mass is 16.5. The quantitative estimate of drug-likeness (QED) is 0.573. The molecule has 4 heteroatoms. The molecule has 0 unspecified atom stereocenters. The molecule has 0 aliphatic carbocycles. The van der Waals surface area contributed by atoms with Crippen LogP contribution in [-0.4, -0.2) is 38.6 Å². The number of amides is 1. The van der Waals surface area contributed by atoms with Gasteiger partial charge >= 0.3 is 0 Å². The van der Waals surface area contributed by atoms with Crippen molar-refractivity contribution in [3.05, 3.63) is 23.8 Å². The third kappa shape index (κ3) is 7.91. The van der Waals surface area contributed by atoms with Crippen LogP contribution in [-0.2, 0) is 4.79 Å². The second-order valence-electron chi connectivity index (χ2n) is 6.16. The summed E-state index contributed by atoms with van der Waals surface area (Å²) < 4.78 is 11.1. The largest absolute Gasteiger partial charge is 0.493 e. The summed E-state index contributed by atoms with van der Waals surface area (Å²) in [6.07, 6.45) is 7.39.